The molecule has 0 spiro atoms. The molecule has 18 heavy (non-hydrogen) atoms. The fraction of sp³-hybridized carbons (Fsp3) is 0.300. The summed E-state index contributed by atoms with van der Waals surface area (Å²) in [4.78, 5) is 11.1. The van der Waals surface area contributed by atoms with Crippen LogP contribution in [0.25, 0.3) is 0 Å². The Morgan fingerprint density at radius 1 is 1.44 bits per heavy atom. The van der Waals surface area contributed by atoms with Crippen molar-refractivity contribution in [2.75, 3.05) is 18.6 Å². The third-order valence-electron chi connectivity index (χ3n) is 1.40. The van der Waals surface area contributed by atoms with Crippen LogP contribution in [0.1, 0.15) is 17.3 Å². The van der Waals surface area contributed by atoms with Crippen molar-refractivity contribution >= 4 is 34.2 Å². The average molecular weight is 298 g/mol. The zero-order valence-corrected chi connectivity index (χ0v) is 11.6. The maximum absolute atomic E-state index is 11.1. The molecule has 0 heterocycles. The molecule has 0 aliphatic carbocycles. The molecule has 0 atom stereocenters. The molecule has 0 bridgehead atoms. The average Bonchev–Trinajstić information content (AvgIpc) is 2.15. The topological polar surface area (TPSA) is 107 Å². The van der Waals surface area contributed by atoms with Gasteiger partial charge in [0.1, 0.15) is 0 Å². The Morgan fingerprint density at radius 2 is 1.94 bits per heavy atom. The molecule has 0 unspecified atom stereocenters. The molecule has 0 aliphatic heterocycles. The highest BCUT2D eigenvalue weighted by Gasteiger charge is 2.04. The first kappa shape index (κ1) is 19.0. The summed E-state index contributed by atoms with van der Waals surface area (Å²) in [5.74, 6) is -0.329. The normalized spacial score (nSPS) is 9.50. The van der Waals surface area contributed by atoms with Crippen LogP contribution < -0.4 is 5.73 Å². The van der Waals surface area contributed by atoms with Crippen molar-refractivity contribution in [1.29, 1.82) is 0 Å². The summed E-state index contributed by atoms with van der Waals surface area (Å²) >= 11 is 0. The predicted molar refractivity (Wildman–Crippen MR) is 71.5 cm³/mol. The summed E-state index contributed by atoms with van der Waals surface area (Å²) in [6, 6.07) is 6.72. The number of ether oxygens (including phenoxy) is 1. The molecule has 0 aromatic heterocycles. The molecular formula is C10H16ClNO5S. The van der Waals surface area contributed by atoms with Crippen molar-refractivity contribution in [3.05, 3.63) is 29.8 Å². The van der Waals surface area contributed by atoms with Crippen molar-refractivity contribution in [2.45, 2.75) is 6.92 Å². The lowest BCUT2D eigenvalue weighted by molar-refractivity contribution is 0.0526. The van der Waals surface area contributed by atoms with Gasteiger partial charge in [0.25, 0.3) is 10.1 Å². The van der Waals surface area contributed by atoms with Gasteiger partial charge >= 0.3 is 5.97 Å². The summed E-state index contributed by atoms with van der Waals surface area (Å²) in [5, 5.41) is 0. The molecule has 0 aliphatic rings. The monoisotopic (exact) mass is 297 g/mol. The van der Waals surface area contributed by atoms with Crippen LogP contribution in [0, 0.1) is 0 Å². The van der Waals surface area contributed by atoms with Gasteiger partial charge in [-0.1, -0.05) is 6.07 Å². The van der Waals surface area contributed by atoms with Crippen LogP contribution in [-0.4, -0.2) is 31.8 Å². The smallest absolute Gasteiger partial charge is 0.338 e. The molecule has 1 aromatic carbocycles. The Labute approximate surface area is 112 Å². The fourth-order valence-corrected chi connectivity index (χ4v) is 0.880. The Bertz CT molecular complexity index is 467. The number of hydrogen-bond acceptors (Lipinski definition) is 5. The second kappa shape index (κ2) is 8.73. The zero-order valence-electron chi connectivity index (χ0n) is 9.99. The maximum Gasteiger partial charge on any atom is 0.338 e. The van der Waals surface area contributed by atoms with Crippen molar-refractivity contribution in [1.82, 2.24) is 0 Å². The quantitative estimate of drug-likeness (QED) is 0.485. The molecule has 0 saturated carbocycles. The summed E-state index contributed by atoms with van der Waals surface area (Å²) < 4.78 is 30.7. The van der Waals surface area contributed by atoms with E-state index in [1.807, 2.05) is 0 Å². The van der Waals surface area contributed by atoms with Gasteiger partial charge in [-0.25, -0.2) is 4.79 Å². The van der Waals surface area contributed by atoms with E-state index in [1.54, 1.807) is 31.2 Å². The molecule has 104 valence electrons. The number of nitrogens with two attached hydrogens (primary N) is 1. The highest BCUT2D eigenvalue weighted by Crippen LogP contribution is 2.07. The maximum atomic E-state index is 11.1. The number of hydrogen-bond donors (Lipinski definition) is 2. The molecule has 0 fully saturated rings. The van der Waals surface area contributed by atoms with Gasteiger partial charge < -0.3 is 10.5 Å². The molecule has 0 amide bonds. The lowest BCUT2D eigenvalue weighted by Crippen LogP contribution is -2.04. The van der Waals surface area contributed by atoms with Crippen LogP contribution in [0.2, 0.25) is 0 Å². The van der Waals surface area contributed by atoms with Crippen LogP contribution in [0.3, 0.4) is 0 Å². The first-order valence-corrected chi connectivity index (χ1v) is 6.54. The minimum Gasteiger partial charge on any atom is -0.462 e. The number of benzene rings is 1. The SMILES string of the molecule is CCOC(=O)c1cccc(N)c1.CS(=O)(=O)O.Cl. The Morgan fingerprint density at radius 3 is 2.33 bits per heavy atom. The second-order valence-electron chi connectivity index (χ2n) is 3.08. The summed E-state index contributed by atoms with van der Waals surface area (Å²) in [7, 11) is -3.67. The number of halogens is 1. The van der Waals surface area contributed by atoms with Crippen LogP contribution >= 0.6 is 12.4 Å². The lowest BCUT2D eigenvalue weighted by atomic mass is 10.2. The largest absolute Gasteiger partial charge is 0.462 e. The van der Waals surface area contributed by atoms with E-state index in [4.69, 9.17) is 15.0 Å². The van der Waals surface area contributed by atoms with E-state index < -0.39 is 10.1 Å². The van der Waals surface area contributed by atoms with Gasteiger partial charge in [0.2, 0.25) is 0 Å². The first-order chi connectivity index (χ1) is 7.74. The zero-order chi connectivity index (χ0) is 13.5. The van der Waals surface area contributed by atoms with Crippen LogP contribution in [0.5, 0.6) is 0 Å². The molecule has 8 heteroatoms. The third-order valence-corrected chi connectivity index (χ3v) is 1.40. The van der Waals surface area contributed by atoms with Crippen LogP contribution in [-0.2, 0) is 14.9 Å². The minimum absolute atomic E-state index is 0. The summed E-state index contributed by atoms with van der Waals surface area (Å²) in [5.41, 5.74) is 6.55. The van der Waals surface area contributed by atoms with E-state index in [2.05, 4.69) is 0 Å². The van der Waals surface area contributed by atoms with Crippen molar-refractivity contribution in [3.63, 3.8) is 0 Å². The second-order valence-corrected chi connectivity index (χ2v) is 4.54. The fourth-order valence-electron chi connectivity index (χ4n) is 0.880. The standard InChI is InChI=1S/C9H11NO2.CH4O3S.ClH/c1-2-12-9(11)7-4-3-5-8(10)6-7;1-5(2,3)4;/h3-6H,2,10H2,1H3;1H3,(H,2,3,4);1H. The molecule has 0 radical (unpaired) electrons. The molecule has 6 nitrogen and oxygen atoms in total. The minimum atomic E-state index is -3.67. The molecule has 1 aromatic rings. The molecule has 1 rings (SSSR count). The number of nitrogen functional groups attached to an aromatic ring is 1. The van der Waals surface area contributed by atoms with Crippen LogP contribution in [0.15, 0.2) is 24.3 Å². The van der Waals surface area contributed by atoms with E-state index in [1.165, 1.54) is 0 Å². The number of carbonyl (C=O) groups excluding carboxylic acids is 1. The van der Waals surface area contributed by atoms with Gasteiger partial charge in [0.05, 0.1) is 18.4 Å². The number of rotatable bonds is 2. The van der Waals surface area contributed by atoms with Gasteiger partial charge in [-0.3, -0.25) is 4.55 Å². The van der Waals surface area contributed by atoms with Crippen molar-refractivity contribution in [2.24, 2.45) is 0 Å². The Hall–Kier alpha value is -1.31. The lowest BCUT2D eigenvalue weighted by Gasteiger charge is -2.01. The number of anilines is 1. The van der Waals surface area contributed by atoms with Crippen molar-refractivity contribution in [3.8, 4) is 0 Å². The first-order valence-electron chi connectivity index (χ1n) is 4.69. The summed E-state index contributed by atoms with van der Waals surface area (Å²) in [6.45, 7) is 2.15. The van der Waals surface area contributed by atoms with Crippen LogP contribution in [0.4, 0.5) is 5.69 Å². The highest BCUT2D eigenvalue weighted by atomic mass is 35.5. The van der Waals surface area contributed by atoms with E-state index in [0.717, 1.165) is 0 Å². The van der Waals surface area contributed by atoms with E-state index in [-0.39, 0.29) is 18.4 Å². The molecule has 0 saturated heterocycles. The van der Waals surface area contributed by atoms with Gasteiger partial charge in [0.15, 0.2) is 0 Å². The van der Waals surface area contributed by atoms with Gasteiger partial charge in [-0.2, -0.15) is 8.42 Å². The van der Waals surface area contributed by atoms with E-state index in [0.29, 0.717) is 24.1 Å². The Kier molecular flexibility index (Phi) is 9.24. The predicted octanol–water partition coefficient (Wildman–Crippen LogP) is 1.37. The summed E-state index contributed by atoms with van der Waals surface area (Å²) in [6.07, 6.45) is 0.715. The number of carbonyl (C=O) groups is 1. The molecule has 3 N–H and O–H groups in total. The van der Waals surface area contributed by atoms with Crippen molar-refractivity contribution < 1.29 is 22.5 Å². The van der Waals surface area contributed by atoms with E-state index >= 15 is 0 Å². The molecular weight excluding hydrogens is 282 g/mol. The highest BCUT2D eigenvalue weighted by molar-refractivity contribution is 7.85. The van der Waals surface area contributed by atoms with Gasteiger partial charge in [0, 0.05) is 5.69 Å². The van der Waals surface area contributed by atoms with Gasteiger partial charge in [-0.15, -0.1) is 12.4 Å². The third kappa shape index (κ3) is 11.2. The number of esters is 1. The Balaban J connectivity index is 0. The van der Waals surface area contributed by atoms with E-state index in [9.17, 15) is 13.2 Å². The van der Waals surface area contributed by atoms with Gasteiger partial charge in [-0.05, 0) is 25.1 Å².